The van der Waals surface area contributed by atoms with Crippen LogP contribution in [0.25, 0.3) is 10.2 Å². The molecule has 2 aromatic rings. The van der Waals surface area contributed by atoms with Crippen LogP contribution in [0, 0.1) is 6.92 Å². The van der Waals surface area contributed by atoms with Gasteiger partial charge in [-0.05, 0) is 19.9 Å². The van der Waals surface area contributed by atoms with E-state index < -0.39 is 0 Å². The predicted molar refractivity (Wildman–Crippen MR) is 67.3 cm³/mol. The molecule has 0 spiro atoms. The normalized spacial score (nSPS) is 12.9. The van der Waals surface area contributed by atoms with Gasteiger partial charge in [-0.15, -0.1) is 11.3 Å². The summed E-state index contributed by atoms with van der Waals surface area (Å²) < 4.78 is 1.78. The summed E-state index contributed by atoms with van der Waals surface area (Å²) in [4.78, 5) is 13.5. The summed E-state index contributed by atoms with van der Waals surface area (Å²) in [5, 5.41) is 16.9. The summed E-state index contributed by atoms with van der Waals surface area (Å²) in [7, 11) is 1.86. The Hall–Kier alpha value is -1.40. The van der Waals surface area contributed by atoms with Crippen LogP contribution < -0.4 is 5.32 Å². The zero-order chi connectivity index (χ0) is 12.6. The number of amides is 1. The van der Waals surface area contributed by atoms with Gasteiger partial charge in [0.15, 0.2) is 0 Å². The smallest absolute Gasteiger partial charge is 0.261 e. The molecule has 2 aromatic heterocycles. The highest BCUT2D eigenvalue weighted by atomic mass is 32.1. The molecule has 0 aromatic carbocycles. The van der Waals surface area contributed by atoms with E-state index in [-0.39, 0.29) is 18.6 Å². The van der Waals surface area contributed by atoms with Gasteiger partial charge in [0.05, 0.1) is 17.2 Å². The Morgan fingerprint density at radius 3 is 3.00 bits per heavy atom. The van der Waals surface area contributed by atoms with Crippen LogP contribution in [0.2, 0.25) is 0 Å². The quantitative estimate of drug-likeness (QED) is 0.859. The van der Waals surface area contributed by atoms with Crippen molar-refractivity contribution in [3.05, 3.63) is 16.6 Å². The van der Waals surface area contributed by atoms with Gasteiger partial charge >= 0.3 is 0 Å². The van der Waals surface area contributed by atoms with Gasteiger partial charge in [-0.1, -0.05) is 0 Å². The van der Waals surface area contributed by atoms with Crippen molar-refractivity contribution in [1.29, 1.82) is 0 Å². The second kappa shape index (κ2) is 4.46. The maximum atomic E-state index is 11.9. The fourth-order valence-corrected chi connectivity index (χ4v) is 2.68. The number of fused-ring (bicyclic) bond motifs is 1. The minimum absolute atomic E-state index is 0.0583. The molecule has 6 heteroatoms. The highest BCUT2D eigenvalue weighted by Gasteiger charge is 2.16. The van der Waals surface area contributed by atoms with Crippen LogP contribution >= 0.6 is 11.3 Å². The number of aliphatic hydroxyl groups is 1. The maximum Gasteiger partial charge on any atom is 0.261 e. The molecule has 0 aliphatic carbocycles. The average Bonchev–Trinajstić information content (AvgIpc) is 2.82. The average molecular weight is 253 g/mol. The van der Waals surface area contributed by atoms with Crippen LogP contribution in [0.4, 0.5) is 0 Å². The standard InChI is InChI=1S/C11H15N3O2S/c1-6(5-15)12-10(16)9-4-8-7(2)13-14(3)11(8)17-9/h4,6,15H,5H2,1-3H3,(H,12,16)/t6-/m1/s1. The Kier molecular flexibility index (Phi) is 3.17. The molecule has 0 aliphatic heterocycles. The van der Waals surface area contributed by atoms with Crippen molar-refractivity contribution in [3.63, 3.8) is 0 Å². The second-order valence-electron chi connectivity index (χ2n) is 4.10. The zero-order valence-corrected chi connectivity index (χ0v) is 10.8. The topological polar surface area (TPSA) is 67.2 Å². The van der Waals surface area contributed by atoms with Crippen molar-refractivity contribution >= 4 is 27.5 Å². The van der Waals surface area contributed by atoms with E-state index in [1.165, 1.54) is 11.3 Å². The molecule has 0 aliphatic rings. The lowest BCUT2D eigenvalue weighted by atomic mass is 10.3. The molecule has 0 unspecified atom stereocenters. The molecule has 1 atom stereocenters. The van der Waals surface area contributed by atoms with E-state index in [0.717, 1.165) is 15.9 Å². The van der Waals surface area contributed by atoms with Gasteiger partial charge in [-0.2, -0.15) is 5.10 Å². The van der Waals surface area contributed by atoms with E-state index >= 15 is 0 Å². The molecule has 2 rings (SSSR count). The lowest BCUT2D eigenvalue weighted by Gasteiger charge is -2.08. The summed E-state index contributed by atoms with van der Waals surface area (Å²) in [5.41, 5.74) is 0.924. The van der Waals surface area contributed by atoms with Crippen LogP contribution in [0.15, 0.2) is 6.07 Å². The van der Waals surface area contributed by atoms with Gasteiger partial charge in [0, 0.05) is 18.5 Å². The van der Waals surface area contributed by atoms with E-state index in [1.54, 1.807) is 11.6 Å². The molecule has 0 saturated carbocycles. The molecule has 0 saturated heterocycles. The molecule has 0 radical (unpaired) electrons. The van der Waals surface area contributed by atoms with Gasteiger partial charge in [0.1, 0.15) is 4.83 Å². The SMILES string of the molecule is Cc1nn(C)c2sc(C(=O)N[C@H](C)CO)cc12. The Bertz CT molecular complexity index is 524. The number of thiophene rings is 1. The van der Waals surface area contributed by atoms with Gasteiger partial charge < -0.3 is 10.4 Å². The Morgan fingerprint density at radius 1 is 1.71 bits per heavy atom. The number of nitrogens with one attached hydrogen (secondary N) is 1. The molecule has 1 amide bonds. The second-order valence-corrected chi connectivity index (χ2v) is 5.13. The van der Waals surface area contributed by atoms with Crippen LogP contribution in [-0.4, -0.2) is 33.4 Å². The molecular formula is C11H15N3O2S. The minimum atomic E-state index is -0.230. The van der Waals surface area contributed by atoms with E-state index in [1.807, 2.05) is 20.0 Å². The number of rotatable bonds is 3. The Labute approximate surface area is 103 Å². The van der Waals surface area contributed by atoms with Crippen molar-refractivity contribution in [2.24, 2.45) is 7.05 Å². The Balaban J connectivity index is 2.30. The maximum absolute atomic E-state index is 11.9. The number of hydrogen-bond donors (Lipinski definition) is 2. The van der Waals surface area contributed by atoms with Crippen molar-refractivity contribution in [2.45, 2.75) is 19.9 Å². The number of nitrogens with zero attached hydrogens (tertiary/aromatic N) is 2. The van der Waals surface area contributed by atoms with Gasteiger partial charge in [0.25, 0.3) is 5.91 Å². The van der Waals surface area contributed by atoms with E-state index in [4.69, 9.17) is 5.11 Å². The first-order valence-corrected chi connectivity index (χ1v) is 6.19. The first-order chi connectivity index (χ1) is 8.02. The van der Waals surface area contributed by atoms with E-state index in [2.05, 4.69) is 10.4 Å². The van der Waals surface area contributed by atoms with E-state index in [0.29, 0.717) is 4.88 Å². The number of aliphatic hydroxyl groups excluding tert-OH is 1. The number of aryl methyl sites for hydroxylation is 2. The van der Waals surface area contributed by atoms with Crippen molar-refractivity contribution in [1.82, 2.24) is 15.1 Å². The molecule has 0 bridgehead atoms. The largest absolute Gasteiger partial charge is 0.394 e. The van der Waals surface area contributed by atoms with Crippen molar-refractivity contribution < 1.29 is 9.90 Å². The van der Waals surface area contributed by atoms with Crippen LogP contribution in [0.3, 0.4) is 0 Å². The summed E-state index contributed by atoms with van der Waals surface area (Å²) >= 11 is 1.41. The highest BCUT2D eigenvalue weighted by Crippen LogP contribution is 2.27. The summed E-state index contributed by atoms with van der Waals surface area (Å²) in [6, 6.07) is 1.62. The van der Waals surface area contributed by atoms with Crippen LogP contribution in [-0.2, 0) is 7.05 Å². The molecule has 5 nitrogen and oxygen atoms in total. The molecular weight excluding hydrogens is 238 g/mol. The monoisotopic (exact) mass is 253 g/mol. The number of carbonyl (C=O) groups is 1. The first-order valence-electron chi connectivity index (χ1n) is 5.37. The van der Waals surface area contributed by atoms with Gasteiger partial charge in [-0.25, -0.2) is 0 Å². The third kappa shape index (κ3) is 2.18. The Morgan fingerprint density at radius 2 is 2.41 bits per heavy atom. The third-order valence-corrected chi connectivity index (χ3v) is 3.77. The lowest BCUT2D eigenvalue weighted by molar-refractivity contribution is 0.0926. The van der Waals surface area contributed by atoms with Gasteiger partial charge in [0.2, 0.25) is 0 Å². The van der Waals surface area contributed by atoms with Crippen LogP contribution in [0.1, 0.15) is 22.3 Å². The number of hydrogen-bond acceptors (Lipinski definition) is 4. The third-order valence-electron chi connectivity index (χ3n) is 2.57. The molecule has 17 heavy (non-hydrogen) atoms. The zero-order valence-electron chi connectivity index (χ0n) is 10.0. The first kappa shape index (κ1) is 12.1. The van der Waals surface area contributed by atoms with Crippen molar-refractivity contribution in [3.8, 4) is 0 Å². The predicted octanol–water partition coefficient (Wildman–Crippen LogP) is 1.05. The molecule has 2 heterocycles. The fraction of sp³-hybridized carbons (Fsp3) is 0.455. The van der Waals surface area contributed by atoms with E-state index in [9.17, 15) is 4.79 Å². The number of aromatic nitrogens is 2. The molecule has 2 N–H and O–H groups in total. The summed E-state index contributed by atoms with van der Waals surface area (Å²) in [6.45, 7) is 3.63. The highest BCUT2D eigenvalue weighted by molar-refractivity contribution is 7.20. The minimum Gasteiger partial charge on any atom is -0.394 e. The van der Waals surface area contributed by atoms with Crippen molar-refractivity contribution in [2.75, 3.05) is 6.61 Å². The fourth-order valence-electron chi connectivity index (χ4n) is 1.66. The summed E-state index contributed by atoms with van der Waals surface area (Å²) in [6.07, 6.45) is 0. The summed E-state index contributed by atoms with van der Waals surface area (Å²) in [5.74, 6) is -0.146. The lowest BCUT2D eigenvalue weighted by Crippen LogP contribution is -2.34. The molecule has 0 fully saturated rings. The molecule has 92 valence electrons. The van der Waals surface area contributed by atoms with Gasteiger partial charge in [-0.3, -0.25) is 9.48 Å². The van der Waals surface area contributed by atoms with Crippen LogP contribution in [0.5, 0.6) is 0 Å². The number of carbonyl (C=O) groups excluding carboxylic acids is 1.